The first-order valence-corrected chi connectivity index (χ1v) is 17.5. The summed E-state index contributed by atoms with van der Waals surface area (Å²) >= 11 is 0. The second kappa shape index (κ2) is 12.1. The molecule has 1 aromatic heterocycles. The van der Waals surface area contributed by atoms with Gasteiger partial charge in [0.15, 0.2) is 11.2 Å². The first kappa shape index (κ1) is 28.6. The first-order valence-electron chi connectivity index (χ1n) is 15.5. The number of hydrogen-bond acceptors (Lipinski definition) is 4. The summed E-state index contributed by atoms with van der Waals surface area (Å²) in [6.45, 7) is 3.00. The van der Waals surface area contributed by atoms with E-state index in [0.29, 0.717) is 30.5 Å². The van der Waals surface area contributed by atoms with Crippen LogP contribution in [0.15, 0.2) is 114 Å². The van der Waals surface area contributed by atoms with Gasteiger partial charge in [-0.2, -0.15) is 0 Å². The van der Waals surface area contributed by atoms with Gasteiger partial charge in [0.25, 0.3) is 0 Å². The van der Waals surface area contributed by atoms with E-state index in [0.717, 1.165) is 25.9 Å². The molecule has 1 N–H and O–H groups in total. The average Bonchev–Trinajstić information content (AvgIpc) is 3.93. The van der Waals surface area contributed by atoms with E-state index in [1.54, 1.807) is 6.20 Å². The van der Waals surface area contributed by atoms with Gasteiger partial charge < -0.3 is 14.8 Å². The Morgan fingerprint density at radius 2 is 1.36 bits per heavy atom. The minimum atomic E-state index is -2.24. The number of fused-ring (bicyclic) bond motifs is 1. The largest absolute Gasteiger partial charge is 0.367 e. The number of carbonyl (C=O) groups is 1. The monoisotopic (exact) mass is 604 g/mol. The fourth-order valence-electron chi connectivity index (χ4n) is 6.65. The number of nitrogens with one attached hydrogen (secondary N) is 1. The Balaban J connectivity index is 1.30. The van der Waals surface area contributed by atoms with Crippen molar-refractivity contribution < 1.29 is 9.18 Å². The summed E-state index contributed by atoms with van der Waals surface area (Å²) in [4.78, 5) is 30.1. The SMILES string of the molecule is O=C(CC[P+](c1ccccc1)(c1ccccc1)c1ccccc1)c1cn(C2CC2)c2cc(N3CCNCC3)c(F)cc2c1=O. The zero-order valence-corrected chi connectivity index (χ0v) is 25.6. The molecule has 0 unspecified atom stereocenters. The van der Waals surface area contributed by atoms with Gasteiger partial charge in [0.2, 0.25) is 0 Å². The summed E-state index contributed by atoms with van der Waals surface area (Å²) in [5.74, 6) is -0.601. The highest BCUT2D eigenvalue weighted by molar-refractivity contribution is 7.95. The number of ketones is 1. The van der Waals surface area contributed by atoms with Crippen molar-refractivity contribution in [1.29, 1.82) is 0 Å². The minimum Gasteiger partial charge on any atom is -0.367 e. The third-order valence-electron chi connectivity index (χ3n) is 9.06. The number of nitrogens with zero attached hydrogens (tertiary/aromatic N) is 2. The number of hydrogen-bond donors (Lipinski definition) is 1. The molecule has 44 heavy (non-hydrogen) atoms. The van der Waals surface area contributed by atoms with Crippen LogP contribution < -0.4 is 31.6 Å². The predicted molar refractivity (Wildman–Crippen MR) is 180 cm³/mol. The van der Waals surface area contributed by atoms with E-state index < -0.39 is 13.1 Å². The van der Waals surface area contributed by atoms with E-state index >= 15 is 4.39 Å². The van der Waals surface area contributed by atoms with E-state index in [9.17, 15) is 9.59 Å². The van der Waals surface area contributed by atoms with Gasteiger partial charge in [-0.05, 0) is 61.4 Å². The quantitative estimate of drug-likeness (QED) is 0.180. The highest BCUT2D eigenvalue weighted by atomic mass is 31.2. The van der Waals surface area contributed by atoms with E-state index in [2.05, 4.69) is 82.7 Å². The molecular formula is C37H36FN3O2P+. The fourth-order valence-corrected chi connectivity index (χ4v) is 10.9. The average molecular weight is 605 g/mol. The lowest BCUT2D eigenvalue weighted by Crippen LogP contribution is -2.43. The Kier molecular flexibility index (Phi) is 7.88. The minimum absolute atomic E-state index is 0.158. The van der Waals surface area contributed by atoms with Gasteiger partial charge in [-0.25, -0.2) is 4.39 Å². The Morgan fingerprint density at radius 1 is 0.818 bits per heavy atom. The molecule has 2 aliphatic rings. The molecule has 4 aromatic carbocycles. The van der Waals surface area contributed by atoms with Crippen LogP contribution in [-0.2, 0) is 0 Å². The molecule has 0 amide bonds. The molecule has 2 heterocycles. The van der Waals surface area contributed by atoms with Crippen molar-refractivity contribution in [3.05, 3.63) is 131 Å². The Hall–Kier alpha value is -4.12. The van der Waals surface area contributed by atoms with Gasteiger partial charge in [0.1, 0.15) is 29.0 Å². The lowest BCUT2D eigenvalue weighted by atomic mass is 10.1. The van der Waals surface area contributed by atoms with Gasteiger partial charge in [0.05, 0.1) is 22.9 Å². The molecule has 5 nitrogen and oxygen atoms in total. The van der Waals surface area contributed by atoms with Crippen molar-refractivity contribution >= 4 is 45.5 Å². The molecule has 1 saturated carbocycles. The van der Waals surface area contributed by atoms with Crippen LogP contribution in [0.1, 0.15) is 35.7 Å². The van der Waals surface area contributed by atoms with Crippen LogP contribution in [0.2, 0.25) is 0 Å². The lowest BCUT2D eigenvalue weighted by Gasteiger charge is -2.30. The van der Waals surface area contributed by atoms with Crippen LogP contribution in [-0.4, -0.2) is 42.7 Å². The molecule has 0 atom stereocenters. The van der Waals surface area contributed by atoms with Gasteiger partial charge >= 0.3 is 0 Å². The number of carbonyl (C=O) groups excluding carboxylic acids is 1. The summed E-state index contributed by atoms with van der Waals surface area (Å²) in [7, 11) is -2.24. The van der Waals surface area contributed by atoms with Crippen molar-refractivity contribution in [1.82, 2.24) is 9.88 Å². The molecule has 1 saturated heterocycles. The number of rotatable bonds is 9. The predicted octanol–water partition coefficient (Wildman–Crippen LogP) is 5.45. The van der Waals surface area contributed by atoms with Crippen LogP contribution in [0.5, 0.6) is 0 Å². The van der Waals surface area contributed by atoms with E-state index in [1.165, 1.54) is 22.0 Å². The number of anilines is 1. The molecule has 2 fully saturated rings. The zero-order chi connectivity index (χ0) is 30.1. The van der Waals surface area contributed by atoms with Crippen LogP contribution in [0, 0.1) is 5.82 Å². The Bertz CT molecular complexity index is 1750. The molecule has 7 rings (SSSR count). The lowest BCUT2D eigenvalue weighted by molar-refractivity contribution is 0.0987. The number of piperazine rings is 1. The highest BCUT2D eigenvalue weighted by Gasteiger charge is 2.45. The van der Waals surface area contributed by atoms with Crippen molar-refractivity contribution in [2.45, 2.75) is 25.3 Å². The smallest absolute Gasteiger partial charge is 0.200 e. The third-order valence-corrected chi connectivity index (χ3v) is 13.5. The molecular weight excluding hydrogens is 568 g/mol. The Labute approximate surface area is 257 Å². The summed E-state index contributed by atoms with van der Waals surface area (Å²) in [6, 6.07) is 34.7. The van der Waals surface area contributed by atoms with Gasteiger partial charge in [0, 0.05) is 50.2 Å². The van der Waals surface area contributed by atoms with Crippen molar-refractivity contribution in [2.24, 2.45) is 0 Å². The fraction of sp³-hybridized carbons (Fsp3) is 0.243. The molecule has 222 valence electrons. The number of halogens is 1. The zero-order valence-electron chi connectivity index (χ0n) is 24.7. The van der Waals surface area contributed by atoms with E-state index in [-0.39, 0.29) is 34.6 Å². The third kappa shape index (κ3) is 5.27. The van der Waals surface area contributed by atoms with Crippen molar-refractivity contribution in [3.63, 3.8) is 0 Å². The Morgan fingerprint density at radius 3 is 1.89 bits per heavy atom. The number of aromatic nitrogens is 1. The van der Waals surface area contributed by atoms with Crippen molar-refractivity contribution in [3.8, 4) is 0 Å². The molecule has 0 radical (unpaired) electrons. The van der Waals surface area contributed by atoms with Gasteiger partial charge in [-0.3, -0.25) is 9.59 Å². The molecule has 7 heteroatoms. The molecule has 1 aliphatic carbocycles. The summed E-state index contributed by atoms with van der Waals surface area (Å²) < 4.78 is 17.6. The first-order chi connectivity index (χ1) is 21.6. The second-order valence-corrected chi connectivity index (χ2v) is 15.4. The normalized spacial score (nSPS) is 15.4. The van der Waals surface area contributed by atoms with Crippen LogP contribution >= 0.6 is 7.26 Å². The van der Waals surface area contributed by atoms with Crippen molar-refractivity contribution in [2.75, 3.05) is 37.2 Å². The summed E-state index contributed by atoms with van der Waals surface area (Å²) in [5, 5.41) is 7.18. The second-order valence-electron chi connectivity index (χ2n) is 11.8. The van der Waals surface area contributed by atoms with Crippen LogP contribution in [0.4, 0.5) is 10.1 Å². The van der Waals surface area contributed by atoms with Crippen LogP contribution in [0.3, 0.4) is 0 Å². The molecule has 0 bridgehead atoms. The summed E-state index contributed by atoms with van der Waals surface area (Å²) in [5.41, 5.74) is 1.01. The van der Waals surface area contributed by atoms with Crippen LogP contribution in [0.25, 0.3) is 10.9 Å². The maximum Gasteiger partial charge on any atom is 0.200 e. The number of Topliss-reactive ketones (excluding diaryl/α,β-unsaturated/α-hetero) is 1. The molecule has 1 aliphatic heterocycles. The van der Waals surface area contributed by atoms with Gasteiger partial charge in [-0.1, -0.05) is 54.6 Å². The maximum atomic E-state index is 15.5. The highest BCUT2D eigenvalue weighted by Crippen LogP contribution is 2.55. The molecule has 5 aromatic rings. The van der Waals surface area contributed by atoms with E-state index in [4.69, 9.17) is 0 Å². The topological polar surface area (TPSA) is 54.3 Å². The van der Waals surface area contributed by atoms with E-state index in [1.807, 2.05) is 29.2 Å². The molecule has 0 spiro atoms. The number of benzene rings is 4. The standard InChI is InChI=1S/C37H36FN3O2P/c38-33-24-31-34(25-35(33)40-21-19-39-20-22-40)41(27-16-17-27)26-32(37(31)43)36(42)18-23-44(28-10-4-1-5-11-28,29-12-6-2-7-13-29)30-14-8-3-9-15-30/h1-15,24-27,39H,16-23H2/q+1. The maximum absolute atomic E-state index is 15.5. The van der Waals surface area contributed by atoms with Gasteiger partial charge in [-0.15, -0.1) is 0 Å². The summed E-state index contributed by atoms with van der Waals surface area (Å²) in [6.07, 6.45) is 4.52. The number of pyridine rings is 1.